The molecular weight excluding hydrogens is 220 g/mol. The second-order valence-corrected chi connectivity index (χ2v) is 4.77. The van der Waals surface area contributed by atoms with E-state index < -0.39 is 6.04 Å². The topological polar surface area (TPSA) is 58.6 Å². The molecular formula is C12H20N2O3. The zero-order valence-electron chi connectivity index (χ0n) is 10.4. The van der Waals surface area contributed by atoms with E-state index in [1.807, 2.05) is 6.92 Å². The maximum atomic E-state index is 12.2. The molecule has 2 fully saturated rings. The molecule has 2 rings (SSSR count). The van der Waals surface area contributed by atoms with Crippen molar-refractivity contribution in [2.45, 2.75) is 51.2 Å². The van der Waals surface area contributed by atoms with Crippen LogP contribution in [0.2, 0.25) is 0 Å². The van der Waals surface area contributed by atoms with Gasteiger partial charge in [0.25, 0.3) is 0 Å². The summed E-state index contributed by atoms with van der Waals surface area (Å²) in [6, 6.07) is -0.674. The van der Waals surface area contributed by atoms with E-state index in [9.17, 15) is 9.59 Å². The Balaban J connectivity index is 2.18. The van der Waals surface area contributed by atoms with E-state index in [0.29, 0.717) is 13.0 Å². The Labute approximate surface area is 101 Å². The van der Waals surface area contributed by atoms with Crippen molar-refractivity contribution in [3.05, 3.63) is 0 Å². The molecule has 2 saturated heterocycles. The molecule has 0 aromatic rings. The Kier molecular flexibility index (Phi) is 3.66. The fraction of sp³-hybridized carbons (Fsp3) is 0.833. The number of amides is 2. The zero-order valence-corrected chi connectivity index (χ0v) is 10.4. The Morgan fingerprint density at radius 1 is 1.47 bits per heavy atom. The first-order chi connectivity index (χ1) is 8.15. The Morgan fingerprint density at radius 3 is 2.82 bits per heavy atom. The van der Waals surface area contributed by atoms with Crippen LogP contribution in [0.15, 0.2) is 0 Å². The molecule has 2 aliphatic heterocycles. The molecule has 3 unspecified atom stereocenters. The molecule has 1 N–H and O–H groups in total. The highest BCUT2D eigenvalue weighted by Crippen LogP contribution is 2.22. The molecule has 2 aliphatic rings. The first kappa shape index (κ1) is 12.4. The van der Waals surface area contributed by atoms with Gasteiger partial charge in [0, 0.05) is 6.61 Å². The molecule has 5 heteroatoms. The number of hydrogen-bond donors (Lipinski definition) is 1. The van der Waals surface area contributed by atoms with Gasteiger partial charge in [0.15, 0.2) is 0 Å². The summed E-state index contributed by atoms with van der Waals surface area (Å²) in [5, 5.41) is 2.73. The molecule has 5 nitrogen and oxygen atoms in total. The van der Waals surface area contributed by atoms with Gasteiger partial charge in [0.1, 0.15) is 12.1 Å². The van der Waals surface area contributed by atoms with Crippen LogP contribution in [0.1, 0.15) is 33.1 Å². The quantitative estimate of drug-likeness (QED) is 0.755. The second-order valence-electron chi connectivity index (χ2n) is 4.77. The lowest BCUT2D eigenvalue weighted by molar-refractivity contribution is -0.154. The van der Waals surface area contributed by atoms with E-state index in [1.165, 1.54) is 0 Å². The van der Waals surface area contributed by atoms with E-state index in [1.54, 1.807) is 11.8 Å². The maximum absolute atomic E-state index is 12.2. The molecule has 17 heavy (non-hydrogen) atoms. The predicted octanol–water partition coefficient (Wildman–Crippen LogP) is 0.291. The van der Waals surface area contributed by atoms with Gasteiger partial charge in [-0.05, 0) is 26.2 Å². The Bertz CT molecular complexity index is 313. The maximum Gasteiger partial charge on any atom is 0.245 e. The lowest BCUT2D eigenvalue weighted by Gasteiger charge is -2.43. The van der Waals surface area contributed by atoms with Crippen LogP contribution in [-0.4, -0.2) is 48.1 Å². The smallest absolute Gasteiger partial charge is 0.245 e. The molecule has 0 aromatic carbocycles. The molecule has 0 saturated carbocycles. The number of ether oxygens (including phenoxy) is 1. The molecule has 0 bridgehead atoms. The van der Waals surface area contributed by atoms with Gasteiger partial charge in [-0.15, -0.1) is 0 Å². The van der Waals surface area contributed by atoms with Crippen molar-refractivity contribution in [3.8, 4) is 0 Å². The summed E-state index contributed by atoms with van der Waals surface area (Å²) in [7, 11) is 0. The van der Waals surface area contributed by atoms with E-state index in [-0.39, 0.29) is 23.9 Å². The molecule has 96 valence electrons. The van der Waals surface area contributed by atoms with Crippen molar-refractivity contribution >= 4 is 11.8 Å². The van der Waals surface area contributed by atoms with E-state index in [4.69, 9.17) is 4.74 Å². The highest BCUT2D eigenvalue weighted by Gasteiger charge is 2.41. The normalized spacial score (nSPS) is 34.7. The van der Waals surface area contributed by atoms with Crippen LogP contribution in [-0.2, 0) is 14.3 Å². The first-order valence-electron chi connectivity index (χ1n) is 6.35. The van der Waals surface area contributed by atoms with Crippen molar-refractivity contribution in [2.75, 3.05) is 13.2 Å². The van der Waals surface area contributed by atoms with Crippen LogP contribution >= 0.6 is 0 Å². The van der Waals surface area contributed by atoms with Gasteiger partial charge in [-0.3, -0.25) is 9.59 Å². The fourth-order valence-corrected chi connectivity index (χ4v) is 2.63. The number of nitrogens with zero attached hydrogens (tertiary/aromatic N) is 1. The summed E-state index contributed by atoms with van der Waals surface area (Å²) in [4.78, 5) is 25.8. The average molecular weight is 240 g/mol. The number of carbonyl (C=O) groups excluding carboxylic acids is 2. The third kappa shape index (κ3) is 2.29. The Morgan fingerprint density at radius 2 is 2.24 bits per heavy atom. The summed E-state index contributed by atoms with van der Waals surface area (Å²) in [6.07, 6.45) is 2.55. The van der Waals surface area contributed by atoms with Crippen molar-refractivity contribution in [1.29, 1.82) is 0 Å². The Hall–Kier alpha value is -1.10. The van der Waals surface area contributed by atoms with E-state index >= 15 is 0 Å². The van der Waals surface area contributed by atoms with Gasteiger partial charge in [0.05, 0.1) is 12.6 Å². The zero-order chi connectivity index (χ0) is 12.4. The minimum absolute atomic E-state index is 0.0203. The van der Waals surface area contributed by atoms with Gasteiger partial charge in [-0.1, -0.05) is 6.92 Å². The molecule has 3 atom stereocenters. The highest BCUT2D eigenvalue weighted by atomic mass is 16.5. The lowest BCUT2D eigenvalue weighted by atomic mass is 9.99. The van der Waals surface area contributed by atoms with Crippen LogP contribution in [0.25, 0.3) is 0 Å². The molecule has 0 aliphatic carbocycles. The van der Waals surface area contributed by atoms with Gasteiger partial charge >= 0.3 is 0 Å². The monoisotopic (exact) mass is 240 g/mol. The van der Waals surface area contributed by atoms with Gasteiger partial charge < -0.3 is 15.0 Å². The second kappa shape index (κ2) is 5.04. The third-order valence-corrected chi connectivity index (χ3v) is 3.54. The van der Waals surface area contributed by atoms with Crippen LogP contribution in [0, 0.1) is 0 Å². The fourth-order valence-electron chi connectivity index (χ4n) is 2.63. The molecule has 2 amide bonds. The summed E-state index contributed by atoms with van der Waals surface area (Å²) < 4.78 is 5.42. The largest absolute Gasteiger partial charge is 0.379 e. The van der Waals surface area contributed by atoms with Crippen molar-refractivity contribution < 1.29 is 14.3 Å². The van der Waals surface area contributed by atoms with Crippen molar-refractivity contribution in [3.63, 3.8) is 0 Å². The highest BCUT2D eigenvalue weighted by molar-refractivity contribution is 5.96. The van der Waals surface area contributed by atoms with E-state index in [2.05, 4.69) is 5.32 Å². The van der Waals surface area contributed by atoms with Crippen molar-refractivity contribution in [1.82, 2.24) is 10.2 Å². The number of hydrogen-bond acceptors (Lipinski definition) is 3. The number of piperazine rings is 1. The SMILES string of the molecule is CCC1C(=O)NC(C)C(=O)N1C1CCCOC1. The molecule has 0 aromatic heterocycles. The minimum atomic E-state index is -0.410. The first-order valence-corrected chi connectivity index (χ1v) is 6.35. The summed E-state index contributed by atoms with van der Waals surface area (Å²) in [5.74, 6) is -0.0166. The van der Waals surface area contributed by atoms with Crippen LogP contribution in [0.4, 0.5) is 0 Å². The third-order valence-electron chi connectivity index (χ3n) is 3.54. The molecule has 2 heterocycles. The summed E-state index contributed by atoms with van der Waals surface area (Å²) in [5.41, 5.74) is 0. The predicted molar refractivity (Wildman–Crippen MR) is 62.4 cm³/mol. The number of carbonyl (C=O) groups is 2. The summed E-state index contributed by atoms with van der Waals surface area (Å²) >= 11 is 0. The van der Waals surface area contributed by atoms with Gasteiger partial charge in [0.2, 0.25) is 11.8 Å². The van der Waals surface area contributed by atoms with Gasteiger partial charge in [-0.25, -0.2) is 0 Å². The van der Waals surface area contributed by atoms with Crippen molar-refractivity contribution in [2.24, 2.45) is 0 Å². The van der Waals surface area contributed by atoms with Crippen LogP contribution < -0.4 is 5.32 Å². The molecule has 0 spiro atoms. The lowest BCUT2D eigenvalue weighted by Crippen LogP contribution is -2.65. The number of rotatable bonds is 2. The standard InChI is InChI=1S/C12H20N2O3/c1-3-10-11(15)13-8(2)12(16)14(10)9-5-4-6-17-7-9/h8-10H,3-7H2,1-2H3,(H,13,15). The number of nitrogens with one attached hydrogen (secondary N) is 1. The van der Waals surface area contributed by atoms with Gasteiger partial charge in [-0.2, -0.15) is 0 Å². The minimum Gasteiger partial charge on any atom is -0.379 e. The van der Waals surface area contributed by atoms with Crippen LogP contribution in [0.3, 0.4) is 0 Å². The van der Waals surface area contributed by atoms with Crippen LogP contribution in [0.5, 0.6) is 0 Å². The summed E-state index contributed by atoms with van der Waals surface area (Å²) in [6.45, 7) is 4.99. The molecule has 0 radical (unpaired) electrons. The average Bonchev–Trinajstić information content (AvgIpc) is 2.34. The van der Waals surface area contributed by atoms with E-state index in [0.717, 1.165) is 19.4 Å².